The maximum absolute atomic E-state index is 13.5. The molecule has 1 aromatic heterocycles. The molecule has 3 nitrogen and oxygen atoms in total. The first-order valence-corrected chi connectivity index (χ1v) is 5.52. The van der Waals surface area contributed by atoms with E-state index in [0.29, 0.717) is 12.2 Å². The van der Waals surface area contributed by atoms with Crippen LogP contribution in [-0.4, -0.2) is 12.0 Å². The van der Waals surface area contributed by atoms with E-state index in [-0.39, 0.29) is 5.56 Å². The van der Waals surface area contributed by atoms with E-state index in [1.54, 1.807) is 18.3 Å². The van der Waals surface area contributed by atoms with Gasteiger partial charge in [-0.3, -0.25) is 4.98 Å². The van der Waals surface area contributed by atoms with Crippen molar-refractivity contribution in [2.45, 2.75) is 6.54 Å². The predicted octanol–water partition coefficient (Wildman–Crippen LogP) is 2.73. The molecule has 4 heteroatoms. The highest BCUT2D eigenvalue weighted by Crippen LogP contribution is 2.22. The van der Waals surface area contributed by atoms with Gasteiger partial charge in [0.25, 0.3) is 0 Å². The second-order valence-corrected chi connectivity index (χ2v) is 3.92. The number of benzene rings is 1. The largest absolute Gasteiger partial charge is 0.368 e. The SMILES string of the molecule is CN(Cc1ccccn1)c1cccc(F)c1C#N. The Morgan fingerprint density at radius 1 is 1.28 bits per heavy atom. The van der Waals surface area contributed by atoms with E-state index in [1.165, 1.54) is 6.07 Å². The third kappa shape index (κ3) is 2.46. The van der Waals surface area contributed by atoms with Gasteiger partial charge in [0.05, 0.1) is 17.9 Å². The van der Waals surface area contributed by atoms with Crippen molar-refractivity contribution in [1.82, 2.24) is 4.98 Å². The Hall–Kier alpha value is -2.41. The Morgan fingerprint density at radius 3 is 2.78 bits per heavy atom. The van der Waals surface area contributed by atoms with Gasteiger partial charge < -0.3 is 4.90 Å². The number of aromatic nitrogens is 1. The number of halogens is 1. The number of hydrogen-bond donors (Lipinski definition) is 0. The Balaban J connectivity index is 2.27. The van der Waals surface area contributed by atoms with Crippen LogP contribution in [0, 0.1) is 17.1 Å². The highest BCUT2D eigenvalue weighted by Gasteiger charge is 2.11. The van der Waals surface area contributed by atoms with E-state index in [1.807, 2.05) is 36.2 Å². The van der Waals surface area contributed by atoms with Crippen molar-refractivity contribution < 1.29 is 4.39 Å². The zero-order valence-corrected chi connectivity index (χ0v) is 9.97. The number of nitrogens with zero attached hydrogens (tertiary/aromatic N) is 3. The maximum Gasteiger partial charge on any atom is 0.143 e. The van der Waals surface area contributed by atoms with Crippen LogP contribution in [0.3, 0.4) is 0 Å². The van der Waals surface area contributed by atoms with E-state index < -0.39 is 5.82 Å². The van der Waals surface area contributed by atoms with Crippen LogP contribution in [0.4, 0.5) is 10.1 Å². The van der Waals surface area contributed by atoms with Crippen molar-refractivity contribution in [3.05, 3.63) is 59.7 Å². The summed E-state index contributed by atoms with van der Waals surface area (Å²) in [4.78, 5) is 6.01. The summed E-state index contributed by atoms with van der Waals surface area (Å²) in [5.41, 5.74) is 1.51. The van der Waals surface area contributed by atoms with Crippen LogP contribution in [0.15, 0.2) is 42.6 Å². The molecule has 1 aromatic carbocycles. The minimum Gasteiger partial charge on any atom is -0.368 e. The molecular weight excluding hydrogens is 229 g/mol. The summed E-state index contributed by atoms with van der Waals surface area (Å²) >= 11 is 0. The van der Waals surface area contributed by atoms with Crippen LogP contribution in [0.2, 0.25) is 0 Å². The smallest absolute Gasteiger partial charge is 0.143 e. The molecule has 0 saturated carbocycles. The summed E-state index contributed by atoms with van der Waals surface area (Å²) in [6.45, 7) is 0.527. The monoisotopic (exact) mass is 241 g/mol. The molecule has 0 spiro atoms. The van der Waals surface area contributed by atoms with Crippen molar-refractivity contribution >= 4 is 5.69 Å². The molecule has 0 fully saturated rings. The molecule has 18 heavy (non-hydrogen) atoms. The maximum atomic E-state index is 13.5. The summed E-state index contributed by atoms with van der Waals surface area (Å²) in [7, 11) is 1.81. The molecule has 0 bridgehead atoms. The van der Waals surface area contributed by atoms with Crippen LogP contribution < -0.4 is 4.90 Å². The molecule has 0 N–H and O–H groups in total. The van der Waals surface area contributed by atoms with E-state index >= 15 is 0 Å². The van der Waals surface area contributed by atoms with Gasteiger partial charge in [-0.05, 0) is 24.3 Å². The molecular formula is C14H12FN3. The number of nitriles is 1. The van der Waals surface area contributed by atoms with Gasteiger partial charge in [0.15, 0.2) is 0 Å². The van der Waals surface area contributed by atoms with Crippen LogP contribution in [-0.2, 0) is 6.54 Å². The van der Waals surface area contributed by atoms with E-state index in [4.69, 9.17) is 5.26 Å². The fourth-order valence-corrected chi connectivity index (χ4v) is 1.76. The van der Waals surface area contributed by atoms with Gasteiger partial charge in [0, 0.05) is 13.2 Å². The molecule has 1 heterocycles. The number of pyridine rings is 1. The lowest BCUT2D eigenvalue weighted by Crippen LogP contribution is -2.18. The average molecular weight is 241 g/mol. The van der Waals surface area contributed by atoms with Crippen molar-refractivity contribution in [3.63, 3.8) is 0 Å². The van der Waals surface area contributed by atoms with Gasteiger partial charge in [-0.25, -0.2) is 4.39 Å². The Labute approximate surface area is 105 Å². The topological polar surface area (TPSA) is 39.9 Å². The van der Waals surface area contributed by atoms with Gasteiger partial charge in [-0.1, -0.05) is 12.1 Å². The third-order valence-corrected chi connectivity index (χ3v) is 2.64. The van der Waals surface area contributed by atoms with Crippen LogP contribution in [0.5, 0.6) is 0 Å². The minimum atomic E-state index is -0.497. The molecule has 0 radical (unpaired) electrons. The highest BCUT2D eigenvalue weighted by atomic mass is 19.1. The van der Waals surface area contributed by atoms with Gasteiger partial charge in [-0.15, -0.1) is 0 Å². The Kier molecular flexibility index (Phi) is 3.54. The molecule has 0 unspecified atom stereocenters. The van der Waals surface area contributed by atoms with Crippen LogP contribution >= 0.6 is 0 Å². The van der Waals surface area contributed by atoms with E-state index in [9.17, 15) is 4.39 Å². The summed E-state index contributed by atoms with van der Waals surface area (Å²) in [6, 6.07) is 12.1. The van der Waals surface area contributed by atoms with E-state index in [2.05, 4.69) is 4.98 Å². The van der Waals surface area contributed by atoms with Crippen molar-refractivity contribution in [3.8, 4) is 6.07 Å². The fraction of sp³-hybridized carbons (Fsp3) is 0.143. The lowest BCUT2D eigenvalue weighted by atomic mass is 10.1. The summed E-state index contributed by atoms with van der Waals surface area (Å²) in [5.74, 6) is -0.497. The fourth-order valence-electron chi connectivity index (χ4n) is 1.76. The summed E-state index contributed by atoms with van der Waals surface area (Å²) in [5, 5.41) is 8.98. The molecule has 2 rings (SSSR count). The first-order valence-electron chi connectivity index (χ1n) is 5.52. The Morgan fingerprint density at radius 2 is 2.11 bits per heavy atom. The number of hydrogen-bond acceptors (Lipinski definition) is 3. The highest BCUT2D eigenvalue weighted by molar-refractivity contribution is 5.59. The first kappa shape index (κ1) is 12.1. The Bertz CT molecular complexity index is 575. The standard InChI is InChI=1S/C14H12FN3/c1-18(10-11-5-2-3-8-17-11)14-7-4-6-13(15)12(14)9-16/h2-8H,10H2,1H3. The van der Waals surface area contributed by atoms with Gasteiger partial charge in [0.1, 0.15) is 17.4 Å². The van der Waals surface area contributed by atoms with Crippen molar-refractivity contribution in [2.75, 3.05) is 11.9 Å². The summed E-state index contributed by atoms with van der Waals surface area (Å²) in [6.07, 6.45) is 1.71. The second-order valence-electron chi connectivity index (χ2n) is 3.92. The predicted molar refractivity (Wildman–Crippen MR) is 67.5 cm³/mol. The first-order chi connectivity index (χ1) is 8.72. The van der Waals surface area contributed by atoms with E-state index in [0.717, 1.165) is 5.69 Å². The zero-order valence-electron chi connectivity index (χ0n) is 9.97. The minimum absolute atomic E-state index is 0.0657. The van der Waals surface area contributed by atoms with Crippen LogP contribution in [0.1, 0.15) is 11.3 Å². The molecule has 0 amide bonds. The molecule has 0 saturated heterocycles. The van der Waals surface area contributed by atoms with Gasteiger partial charge >= 0.3 is 0 Å². The van der Waals surface area contributed by atoms with Crippen molar-refractivity contribution in [2.24, 2.45) is 0 Å². The van der Waals surface area contributed by atoms with Crippen molar-refractivity contribution in [1.29, 1.82) is 5.26 Å². The number of anilines is 1. The zero-order chi connectivity index (χ0) is 13.0. The number of rotatable bonds is 3. The second kappa shape index (κ2) is 5.28. The van der Waals surface area contributed by atoms with Crippen LogP contribution in [0.25, 0.3) is 0 Å². The third-order valence-electron chi connectivity index (χ3n) is 2.64. The molecule has 2 aromatic rings. The average Bonchev–Trinajstić information content (AvgIpc) is 2.39. The molecule has 0 atom stereocenters. The lowest BCUT2D eigenvalue weighted by molar-refractivity contribution is 0.623. The molecule has 0 aliphatic heterocycles. The van der Waals surface area contributed by atoms with Gasteiger partial charge in [-0.2, -0.15) is 5.26 Å². The quantitative estimate of drug-likeness (QED) is 0.829. The lowest BCUT2D eigenvalue weighted by Gasteiger charge is -2.20. The molecule has 90 valence electrons. The molecule has 0 aliphatic rings. The normalized spacial score (nSPS) is 9.83. The summed E-state index contributed by atoms with van der Waals surface area (Å²) < 4.78 is 13.5. The van der Waals surface area contributed by atoms with Gasteiger partial charge in [0.2, 0.25) is 0 Å². The molecule has 0 aliphatic carbocycles.